The fraction of sp³-hybridized carbons (Fsp3) is 0.400. The molecule has 1 saturated carbocycles. The summed E-state index contributed by atoms with van der Waals surface area (Å²) in [6.45, 7) is 0. The molecule has 0 aliphatic heterocycles. The van der Waals surface area contributed by atoms with Crippen LogP contribution < -0.4 is 4.74 Å². The Balaban J connectivity index is 2.29. The van der Waals surface area contributed by atoms with Crippen molar-refractivity contribution in [1.82, 2.24) is 4.98 Å². The molecule has 0 amide bonds. The number of hydrogen-bond donors (Lipinski definition) is 0. The van der Waals surface area contributed by atoms with E-state index < -0.39 is 0 Å². The summed E-state index contributed by atoms with van der Waals surface area (Å²) in [6.07, 6.45) is 5.11. The molecule has 4 nitrogen and oxygen atoms in total. The van der Waals surface area contributed by atoms with E-state index in [1.807, 2.05) is 6.07 Å². The zero-order valence-electron chi connectivity index (χ0n) is 7.86. The van der Waals surface area contributed by atoms with E-state index in [9.17, 15) is 4.79 Å². The molecule has 0 bridgehead atoms. The summed E-state index contributed by atoms with van der Waals surface area (Å²) < 4.78 is 4.94. The average Bonchev–Trinajstić information content (AvgIpc) is 3.00. The molecule has 1 aliphatic rings. The first-order chi connectivity index (χ1) is 6.80. The van der Waals surface area contributed by atoms with Crippen LogP contribution >= 0.6 is 0 Å². The first kappa shape index (κ1) is 8.91. The number of pyridine rings is 1. The molecule has 0 spiro atoms. The predicted octanol–water partition coefficient (Wildman–Crippen LogP) is 1.42. The van der Waals surface area contributed by atoms with Gasteiger partial charge in [-0.25, -0.2) is 9.78 Å². The van der Waals surface area contributed by atoms with Crippen molar-refractivity contribution < 1.29 is 9.53 Å². The van der Waals surface area contributed by atoms with Crippen molar-refractivity contribution in [2.45, 2.75) is 18.4 Å². The van der Waals surface area contributed by atoms with Crippen molar-refractivity contribution in [3.05, 3.63) is 23.9 Å². The Morgan fingerprint density at radius 2 is 2.36 bits per heavy atom. The predicted molar refractivity (Wildman–Crippen MR) is 49.8 cm³/mol. The van der Waals surface area contributed by atoms with Gasteiger partial charge in [0, 0.05) is 12.3 Å². The normalized spacial score (nSPS) is 16.9. The van der Waals surface area contributed by atoms with Gasteiger partial charge in [-0.2, -0.15) is 4.99 Å². The lowest BCUT2D eigenvalue weighted by Crippen LogP contribution is -2.02. The molecule has 0 N–H and O–H groups in total. The number of nitrogens with zero attached hydrogens (tertiary/aromatic N) is 2. The third kappa shape index (κ3) is 1.40. The molecular weight excluding hydrogens is 180 g/mol. The maximum absolute atomic E-state index is 10.2. The highest BCUT2D eigenvalue weighted by Crippen LogP contribution is 2.48. The van der Waals surface area contributed by atoms with Crippen LogP contribution in [-0.4, -0.2) is 18.2 Å². The Kier molecular flexibility index (Phi) is 2.06. The van der Waals surface area contributed by atoms with Crippen molar-refractivity contribution in [3.8, 4) is 5.88 Å². The van der Waals surface area contributed by atoms with Gasteiger partial charge in [-0.1, -0.05) is 0 Å². The highest BCUT2D eigenvalue weighted by molar-refractivity contribution is 5.40. The van der Waals surface area contributed by atoms with Gasteiger partial charge < -0.3 is 4.74 Å². The number of rotatable bonds is 3. The molecular formula is C10H10N2O2. The van der Waals surface area contributed by atoms with Crippen LogP contribution in [-0.2, 0) is 10.3 Å². The summed E-state index contributed by atoms with van der Waals surface area (Å²) in [6, 6.07) is 3.66. The smallest absolute Gasteiger partial charge is 0.235 e. The minimum atomic E-state index is -0.332. The Hall–Kier alpha value is -1.67. The molecule has 0 radical (unpaired) electrons. The van der Waals surface area contributed by atoms with E-state index >= 15 is 0 Å². The fourth-order valence-electron chi connectivity index (χ4n) is 1.45. The van der Waals surface area contributed by atoms with Crippen molar-refractivity contribution >= 4 is 6.08 Å². The number of isocyanates is 1. The van der Waals surface area contributed by atoms with E-state index in [1.54, 1.807) is 25.5 Å². The van der Waals surface area contributed by atoms with E-state index in [-0.39, 0.29) is 5.54 Å². The molecule has 1 fully saturated rings. The minimum Gasteiger partial charge on any atom is -0.481 e. The number of carbonyl (C=O) groups excluding carboxylic acids is 1. The van der Waals surface area contributed by atoms with Crippen molar-refractivity contribution in [1.29, 1.82) is 0 Å². The molecule has 4 heteroatoms. The van der Waals surface area contributed by atoms with Gasteiger partial charge in [0.15, 0.2) is 0 Å². The molecule has 1 aromatic heterocycles. The summed E-state index contributed by atoms with van der Waals surface area (Å²) in [7, 11) is 1.57. The summed E-state index contributed by atoms with van der Waals surface area (Å²) in [5, 5.41) is 0. The summed E-state index contributed by atoms with van der Waals surface area (Å²) in [5.41, 5.74) is 0.628. The van der Waals surface area contributed by atoms with Crippen LogP contribution in [0.2, 0.25) is 0 Å². The minimum absolute atomic E-state index is 0.332. The lowest BCUT2D eigenvalue weighted by atomic mass is 10.1. The fourth-order valence-corrected chi connectivity index (χ4v) is 1.45. The van der Waals surface area contributed by atoms with Gasteiger partial charge in [0.25, 0.3) is 0 Å². The largest absolute Gasteiger partial charge is 0.481 e. The SMILES string of the molecule is COc1ccc(C2(N=C=O)CC2)cn1. The monoisotopic (exact) mass is 190 g/mol. The van der Waals surface area contributed by atoms with Crippen molar-refractivity contribution in [2.24, 2.45) is 4.99 Å². The maximum Gasteiger partial charge on any atom is 0.235 e. The highest BCUT2D eigenvalue weighted by Gasteiger charge is 2.45. The number of hydrogen-bond acceptors (Lipinski definition) is 4. The van der Waals surface area contributed by atoms with Gasteiger partial charge in [-0.05, 0) is 24.5 Å². The highest BCUT2D eigenvalue weighted by atomic mass is 16.5. The standard InChI is InChI=1S/C10H10N2O2/c1-14-9-3-2-8(6-11-9)10(4-5-10)12-7-13/h2-3,6H,4-5H2,1H3. The van der Waals surface area contributed by atoms with Crippen LogP contribution in [0.1, 0.15) is 18.4 Å². The summed E-state index contributed by atoms with van der Waals surface area (Å²) >= 11 is 0. The van der Waals surface area contributed by atoms with Crippen LogP contribution in [0.25, 0.3) is 0 Å². The molecule has 0 saturated heterocycles. The van der Waals surface area contributed by atoms with E-state index in [1.165, 1.54) is 0 Å². The lowest BCUT2D eigenvalue weighted by Gasteiger charge is -2.07. The lowest BCUT2D eigenvalue weighted by molar-refractivity contribution is 0.397. The molecule has 2 rings (SSSR count). The van der Waals surface area contributed by atoms with Crippen molar-refractivity contribution in [2.75, 3.05) is 7.11 Å². The summed E-state index contributed by atoms with van der Waals surface area (Å²) in [4.78, 5) is 18.1. The molecule has 72 valence electrons. The Morgan fingerprint density at radius 1 is 1.57 bits per heavy atom. The van der Waals surface area contributed by atoms with E-state index in [4.69, 9.17) is 4.74 Å². The van der Waals surface area contributed by atoms with Crippen LogP contribution in [0, 0.1) is 0 Å². The second kappa shape index (κ2) is 3.24. The van der Waals surface area contributed by atoms with Gasteiger partial charge >= 0.3 is 0 Å². The van der Waals surface area contributed by atoms with Crippen molar-refractivity contribution in [3.63, 3.8) is 0 Å². The maximum atomic E-state index is 10.2. The zero-order valence-corrected chi connectivity index (χ0v) is 7.86. The second-order valence-corrected chi connectivity index (χ2v) is 3.32. The van der Waals surface area contributed by atoms with E-state index in [2.05, 4.69) is 9.98 Å². The van der Waals surface area contributed by atoms with Crippen LogP contribution in [0.3, 0.4) is 0 Å². The third-order valence-corrected chi connectivity index (χ3v) is 2.47. The Morgan fingerprint density at radius 3 is 2.79 bits per heavy atom. The second-order valence-electron chi connectivity index (χ2n) is 3.32. The van der Waals surface area contributed by atoms with E-state index in [0.717, 1.165) is 18.4 Å². The Bertz CT molecular complexity index is 376. The first-order valence-electron chi connectivity index (χ1n) is 4.40. The van der Waals surface area contributed by atoms with Gasteiger partial charge in [-0.3, -0.25) is 0 Å². The van der Waals surface area contributed by atoms with Gasteiger partial charge in [0.2, 0.25) is 12.0 Å². The third-order valence-electron chi connectivity index (χ3n) is 2.47. The zero-order chi connectivity index (χ0) is 10.0. The molecule has 1 aromatic rings. The summed E-state index contributed by atoms with van der Waals surface area (Å²) in [5.74, 6) is 0.569. The first-order valence-corrected chi connectivity index (χ1v) is 4.40. The Labute approximate surface area is 81.6 Å². The molecule has 0 atom stereocenters. The van der Waals surface area contributed by atoms with Crippen LogP contribution in [0.15, 0.2) is 23.3 Å². The molecule has 1 heterocycles. The number of aliphatic imine (C=N–C) groups is 1. The average molecular weight is 190 g/mol. The van der Waals surface area contributed by atoms with Crippen LogP contribution in [0.4, 0.5) is 0 Å². The number of ether oxygens (including phenoxy) is 1. The molecule has 14 heavy (non-hydrogen) atoms. The van der Waals surface area contributed by atoms with Gasteiger partial charge in [0.1, 0.15) is 0 Å². The van der Waals surface area contributed by atoms with Gasteiger partial charge in [-0.15, -0.1) is 0 Å². The van der Waals surface area contributed by atoms with Crippen LogP contribution in [0.5, 0.6) is 5.88 Å². The molecule has 0 unspecified atom stereocenters. The molecule has 0 aromatic carbocycles. The van der Waals surface area contributed by atoms with E-state index in [0.29, 0.717) is 5.88 Å². The number of aromatic nitrogens is 1. The molecule has 1 aliphatic carbocycles. The quantitative estimate of drug-likeness (QED) is 0.535. The van der Waals surface area contributed by atoms with Gasteiger partial charge in [0.05, 0.1) is 12.6 Å². The number of methoxy groups -OCH3 is 1. The topological polar surface area (TPSA) is 51.5 Å².